The van der Waals surface area contributed by atoms with Crippen LogP contribution in [0.3, 0.4) is 0 Å². The third-order valence-corrected chi connectivity index (χ3v) is 10.0. The third-order valence-electron chi connectivity index (χ3n) is 10.0. The third kappa shape index (κ3) is 15.3. The van der Waals surface area contributed by atoms with Crippen LogP contribution in [-0.2, 0) is 41.4 Å². The highest BCUT2D eigenvalue weighted by Gasteiger charge is 2.36. The number of rotatable bonds is 20. The number of hydrogen-bond acceptors (Lipinski definition) is 11. The van der Waals surface area contributed by atoms with Crippen LogP contribution in [0.5, 0.6) is 0 Å². The van der Waals surface area contributed by atoms with E-state index >= 15 is 0 Å². The van der Waals surface area contributed by atoms with Crippen molar-refractivity contribution >= 4 is 24.0 Å². The maximum atomic E-state index is 14.0. The number of aliphatic hydroxyl groups excluding tert-OH is 1. The lowest BCUT2D eigenvalue weighted by Gasteiger charge is -2.34. The average Bonchev–Trinajstić information content (AvgIpc) is 3.19. The monoisotopic (exact) mass is 782 g/mol. The summed E-state index contributed by atoms with van der Waals surface area (Å²) in [4.78, 5) is 58.0. The van der Waals surface area contributed by atoms with Gasteiger partial charge in [-0.25, -0.2) is 9.59 Å². The maximum absolute atomic E-state index is 14.0. The molecule has 0 saturated carbocycles. The van der Waals surface area contributed by atoms with Gasteiger partial charge in [0.15, 0.2) is 0 Å². The number of nitrogens with zero attached hydrogens (tertiary/aromatic N) is 2. The Morgan fingerprint density at radius 3 is 1.30 bits per heavy atom. The van der Waals surface area contributed by atoms with Gasteiger partial charge in [-0.2, -0.15) is 0 Å². The molecule has 0 radical (unpaired) electrons. The van der Waals surface area contributed by atoms with E-state index in [9.17, 15) is 24.3 Å². The molecule has 2 aliphatic heterocycles. The Morgan fingerprint density at radius 1 is 0.607 bits per heavy atom. The zero-order valence-electron chi connectivity index (χ0n) is 33.3. The van der Waals surface area contributed by atoms with Crippen LogP contribution >= 0.6 is 0 Å². The van der Waals surface area contributed by atoms with E-state index in [2.05, 4.69) is 31.1 Å². The Bertz CT molecular complexity index is 1360. The summed E-state index contributed by atoms with van der Waals surface area (Å²) in [5.74, 6) is -1.64. The predicted molar refractivity (Wildman–Crippen MR) is 211 cm³/mol. The molecule has 0 aromatic heterocycles. The lowest BCUT2D eigenvalue weighted by Crippen LogP contribution is -2.61. The summed E-state index contributed by atoms with van der Waals surface area (Å²) >= 11 is 0. The number of alkyl carbamates (subject to hydrolysis) is 2. The molecule has 15 nitrogen and oxygen atoms in total. The highest BCUT2D eigenvalue weighted by Crippen LogP contribution is 2.16. The first kappa shape index (κ1) is 44.4. The van der Waals surface area contributed by atoms with E-state index in [0.29, 0.717) is 39.5 Å². The SMILES string of the molecule is CC(C)[C@H](NC(=O)OCCN1CCOCC1)C(=O)N[C@@H](Cc1ccccc1)C(O)[C@H](Cc1ccccc1)NC(=O)[C@H](NC(=O)OCCN1CCOCC1)C(C)C. The van der Waals surface area contributed by atoms with Crippen molar-refractivity contribution in [3.05, 3.63) is 71.8 Å². The molecule has 310 valence electrons. The smallest absolute Gasteiger partial charge is 0.407 e. The largest absolute Gasteiger partial charge is 0.448 e. The fraction of sp³-hybridized carbons (Fsp3) is 0.610. The molecule has 0 aliphatic carbocycles. The Kier molecular flexibility index (Phi) is 18.8. The molecule has 5 N–H and O–H groups in total. The van der Waals surface area contributed by atoms with E-state index in [1.807, 2.05) is 88.4 Å². The number of nitrogens with one attached hydrogen (secondary N) is 4. The lowest BCUT2D eigenvalue weighted by atomic mass is 9.91. The Morgan fingerprint density at radius 2 is 0.964 bits per heavy atom. The van der Waals surface area contributed by atoms with Crippen molar-refractivity contribution in [2.24, 2.45) is 11.8 Å². The van der Waals surface area contributed by atoms with Gasteiger partial charge in [0.2, 0.25) is 11.8 Å². The van der Waals surface area contributed by atoms with Crippen LogP contribution in [-0.4, -0.2) is 148 Å². The quantitative estimate of drug-likeness (QED) is 0.133. The number of ether oxygens (including phenoxy) is 4. The molecule has 2 heterocycles. The lowest BCUT2D eigenvalue weighted by molar-refractivity contribution is -0.126. The van der Waals surface area contributed by atoms with E-state index in [0.717, 1.165) is 37.3 Å². The first-order valence-electron chi connectivity index (χ1n) is 19.8. The van der Waals surface area contributed by atoms with Crippen LogP contribution in [0.1, 0.15) is 38.8 Å². The number of carbonyl (C=O) groups excluding carboxylic acids is 4. The molecule has 1 unspecified atom stereocenters. The maximum Gasteiger partial charge on any atom is 0.407 e. The summed E-state index contributed by atoms with van der Waals surface area (Å²) in [6.45, 7) is 14.2. The van der Waals surface area contributed by atoms with Crippen molar-refractivity contribution < 1.29 is 43.2 Å². The molecule has 2 aromatic rings. The van der Waals surface area contributed by atoms with E-state index < -0.39 is 54.3 Å². The molecule has 4 rings (SSSR count). The minimum Gasteiger partial charge on any atom is -0.448 e. The van der Waals surface area contributed by atoms with Crippen molar-refractivity contribution in [2.75, 3.05) is 78.9 Å². The summed E-state index contributed by atoms with van der Waals surface area (Å²) in [5.41, 5.74) is 1.69. The van der Waals surface area contributed by atoms with Gasteiger partial charge < -0.3 is 45.3 Å². The molecular weight excluding hydrogens is 720 g/mol. The number of benzene rings is 2. The second-order valence-electron chi connectivity index (χ2n) is 15.0. The number of amides is 4. The van der Waals surface area contributed by atoms with Gasteiger partial charge in [0.05, 0.1) is 44.6 Å². The van der Waals surface area contributed by atoms with Gasteiger partial charge in [0, 0.05) is 39.3 Å². The zero-order valence-corrected chi connectivity index (χ0v) is 33.3. The van der Waals surface area contributed by atoms with Gasteiger partial charge >= 0.3 is 12.2 Å². The summed E-state index contributed by atoms with van der Waals surface area (Å²) in [7, 11) is 0. The molecule has 2 fully saturated rings. The van der Waals surface area contributed by atoms with Crippen LogP contribution in [0.4, 0.5) is 9.59 Å². The van der Waals surface area contributed by atoms with Crippen LogP contribution in [0.15, 0.2) is 60.7 Å². The molecule has 5 atom stereocenters. The first-order chi connectivity index (χ1) is 27.0. The van der Waals surface area contributed by atoms with E-state index in [4.69, 9.17) is 18.9 Å². The zero-order chi connectivity index (χ0) is 40.3. The standard InChI is InChI=1S/C41H62N6O9/c1-29(2)35(44-40(51)55-25-19-46-15-21-53-22-16-46)38(49)42-33(27-31-11-7-5-8-12-31)37(48)34(28-32-13-9-6-10-14-32)43-39(50)36(30(3)4)45-41(52)56-26-20-47-17-23-54-24-18-47/h5-14,29-30,33-37,48H,15-28H2,1-4H3,(H,42,49)(H,43,50)(H,44,51)(H,45,52)/t33-,34-,35-,36+,37?/m0/s1. The molecule has 2 saturated heterocycles. The molecule has 2 aromatic carbocycles. The van der Waals surface area contributed by atoms with Crippen molar-refractivity contribution in [3.63, 3.8) is 0 Å². The van der Waals surface area contributed by atoms with Crippen molar-refractivity contribution in [1.29, 1.82) is 0 Å². The molecule has 56 heavy (non-hydrogen) atoms. The summed E-state index contributed by atoms with van der Waals surface area (Å²) < 4.78 is 21.6. The Hall–Kier alpha value is -4.28. The number of hydrogen-bond donors (Lipinski definition) is 5. The van der Waals surface area contributed by atoms with Gasteiger partial charge in [-0.3, -0.25) is 19.4 Å². The van der Waals surface area contributed by atoms with E-state index in [1.165, 1.54) is 0 Å². The second-order valence-corrected chi connectivity index (χ2v) is 15.0. The van der Waals surface area contributed by atoms with Crippen LogP contribution in [0.25, 0.3) is 0 Å². The predicted octanol–water partition coefficient (Wildman–Crippen LogP) is 1.97. The van der Waals surface area contributed by atoms with Crippen LogP contribution in [0, 0.1) is 11.8 Å². The molecule has 4 amide bonds. The first-order valence-corrected chi connectivity index (χ1v) is 19.8. The summed E-state index contributed by atoms with van der Waals surface area (Å²) in [5, 5.41) is 23.6. The molecule has 15 heteroatoms. The summed E-state index contributed by atoms with van der Waals surface area (Å²) in [6.07, 6.45) is -2.28. The average molecular weight is 783 g/mol. The fourth-order valence-electron chi connectivity index (χ4n) is 6.67. The van der Waals surface area contributed by atoms with Gasteiger partial charge in [-0.05, 0) is 35.8 Å². The molecular formula is C41H62N6O9. The minimum atomic E-state index is -1.30. The topological polar surface area (TPSA) is 180 Å². The van der Waals surface area contributed by atoms with Crippen LogP contribution in [0.2, 0.25) is 0 Å². The Labute approximate surface area is 331 Å². The van der Waals surface area contributed by atoms with Gasteiger partial charge in [0.1, 0.15) is 25.3 Å². The van der Waals surface area contributed by atoms with Gasteiger partial charge in [-0.1, -0.05) is 88.4 Å². The van der Waals surface area contributed by atoms with Gasteiger partial charge in [0.25, 0.3) is 0 Å². The number of carbonyl (C=O) groups is 4. The minimum absolute atomic E-state index is 0.160. The normalized spacial score (nSPS) is 17.9. The second kappa shape index (κ2) is 23.7. The molecule has 0 bridgehead atoms. The van der Waals surface area contributed by atoms with E-state index in [-0.39, 0.29) is 37.9 Å². The van der Waals surface area contributed by atoms with Gasteiger partial charge in [-0.15, -0.1) is 0 Å². The van der Waals surface area contributed by atoms with Crippen LogP contribution < -0.4 is 21.3 Å². The fourth-order valence-corrected chi connectivity index (χ4v) is 6.67. The summed E-state index contributed by atoms with van der Waals surface area (Å²) in [6, 6.07) is 15.1. The van der Waals surface area contributed by atoms with Crippen molar-refractivity contribution in [3.8, 4) is 0 Å². The molecule has 2 aliphatic rings. The Balaban J connectivity index is 1.47. The highest BCUT2D eigenvalue weighted by atomic mass is 16.6. The van der Waals surface area contributed by atoms with Crippen molar-refractivity contribution in [2.45, 2.75) is 70.8 Å². The number of morpholine rings is 2. The van der Waals surface area contributed by atoms with Crippen molar-refractivity contribution in [1.82, 2.24) is 31.1 Å². The number of aliphatic hydroxyl groups is 1. The molecule has 0 spiro atoms. The highest BCUT2D eigenvalue weighted by molar-refractivity contribution is 5.87. The van der Waals surface area contributed by atoms with E-state index in [1.54, 1.807) is 0 Å².